The van der Waals surface area contributed by atoms with Gasteiger partial charge in [0.25, 0.3) is 0 Å². The van der Waals surface area contributed by atoms with Crippen LogP contribution in [0.4, 0.5) is 19.0 Å². The van der Waals surface area contributed by atoms with Gasteiger partial charge in [0.2, 0.25) is 0 Å². The summed E-state index contributed by atoms with van der Waals surface area (Å²) in [4.78, 5) is 18.1. The molecule has 5 heterocycles. The van der Waals surface area contributed by atoms with Crippen molar-refractivity contribution in [3.63, 3.8) is 0 Å². The summed E-state index contributed by atoms with van der Waals surface area (Å²) in [5.74, 6) is 6.98. The molecular formula is C34H31F3N6O2. The van der Waals surface area contributed by atoms with Gasteiger partial charge in [-0.05, 0) is 55.8 Å². The van der Waals surface area contributed by atoms with E-state index in [1.807, 2.05) is 4.90 Å². The zero-order valence-corrected chi connectivity index (χ0v) is 24.8. The Kier molecular flexibility index (Phi) is 7.39. The molecule has 0 bridgehead atoms. The highest BCUT2D eigenvalue weighted by Crippen LogP contribution is 2.42. The predicted octanol–water partition coefficient (Wildman–Crippen LogP) is 4.55. The third kappa shape index (κ3) is 4.97. The Balaban J connectivity index is 1.45. The second-order valence-corrected chi connectivity index (χ2v) is 11.8. The van der Waals surface area contributed by atoms with Gasteiger partial charge in [-0.1, -0.05) is 17.9 Å². The summed E-state index contributed by atoms with van der Waals surface area (Å²) in [6, 6.07) is 5.37. The Morgan fingerprint density at radius 1 is 1.13 bits per heavy atom. The molecule has 45 heavy (non-hydrogen) atoms. The summed E-state index contributed by atoms with van der Waals surface area (Å²) in [5, 5.41) is 14.9. The minimum atomic E-state index is -0.932. The first-order valence-electron chi connectivity index (χ1n) is 15.1. The smallest absolute Gasteiger partial charge is 0.319 e. The lowest BCUT2D eigenvalue weighted by Crippen LogP contribution is -2.44. The van der Waals surface area contributed by atoms with Gasteiger partial charge in [-0.3, -0.25) is 4.90 Å². The molecule has 4 aromatic rings. The predicted molar refractivity (Wildman–Crippen MR) is 166 cm³/mol. The number of pyridine rings is 1. The molecule has 7 rings (SSSR count). The van der Waals surface area contributed by atoms with Gasteiger partial charge in [-0.2, -0.15) is 9.97 Å². The fourth-order valence-electron chi connectivity index (χ4n) is 7.09. The number of alkyl halides is 1. The summed E-state index contributed by atoms with van der Waals surface area (Å²) in [6.45, 7) is 5.55. The molecule has 2 aromatic heterocycles. The molecule has 230 valence electrons. The number of hydrogen-bond acceptors (Lipinski definition) is 8. The van der Waals surface area contributed by atoms with Crippen molar-refractivity contribution in [2.75, 3.05) is 50.8 Å². The first kappa shape index (κ1) is 29.1. The van der Waals surface area contributed by atoms with E-state index in [9.17, 15) is 13.9 Å². The molecule has 2 N–H and O–H groups in total. The van der Waals surface area contributed by atoms with Crippen molar-refractivity contribution < 1.29 is 23.0 Å². The Hall–Kier alpha value is -4.58. The number of aromatic nitrogens is 3. The molecule has 0 radical (unpaired) electrons. The number of terminal acetylenes is 1. The zero-order chi connectivity index (χ0) is 31.3. The molecule has 0 unspecified atom stereocenters. The molecule has 2 atom stereocenters. The maximum atomic E-state index is 16.9. The molecule has 3 saturated heterocycles. The second-order valence-electron chi connectivity index (χ2n) is 11.8. The van der Waals surface area contributed by atoms with Gasteiger partial charge in [0.15, 0.2) is 5.82 Å². The number of phenols is 1. The summed E-state index contributed by atoms with van der Waals surface area (Å²) >= 11 is 0. The fourth-order valence-corrected chi connectivity index (χ4v) is 7.09. The Morgan fingerprint density at radius 2 is 1.96 bits per heavy atom. The van der Waals surface area contributed by atoms with Gasteiger partial charge < -0.3 is 20.1 Å². The lowest BCUT2D eigenvalue weighted by Gasteiger charge is -2.32. The number of hydrogen-bond donors (Lipinski definition) is 2. The van der Waals surface area contributed by atoms with Crippen LogP contribution in [0, 0.1) is 35.8 Å². The monoisotopic (exact) mass is 612 g/mol. The van der Waals surface area contributed by atoms with Crippen LogP contribution in [0.25, 0.3) is 32.9 Å². The van der Waals surface area contributed by atoms with Crippen LogP contribution in [-0.2, 0) is 0 Å². The number of phenolic OH excluding ortho intramolecular Hbond substituents is 1. The van der Waals surface area contributed by atoms with Gasteiger partial charge in [0.1, 0.15) is 47.1 Å². The number of nitrogens with zero attached hydrogens (tertiary/aromatic N) is 5. The zero-order valence-electron chi connectivity index (χ0n) is 24.8. The third-order valence-corrected chi connectivity index (χ3v) is 9.09. The van der Waals surface area contributed by atoms with Gasteiger partial charge in [0, 0.05) is 50.1 Å². The van der Waals surface area contributed by atoms with Crippen molar-refractivity contribution in [2.45, 2.75) is 37.9 Å². The molecular weight excluding hydrogens is 581 g/mol. The molecule has 3 aliphatic rings. The summed E-state index contributed by atoms with van der Waals surface area (Å²) < 4.78 is 52.5. The van der Waals surface area contributed by atoms with E-state index in [-0.39, 0.29) is 51.8 Å². The van der Waals surface area contributed by atoms with E-state index in [2.05, 4.69) is 37.9 Å². The molecule has 0 saturated carbocycles. The number of ether oxygens (including phenoxy) is 1. The van der Waals surface area contributed by atoms with E-state index in [4.69, 9.17) is 16.1 Å². The molecule has 0 amide bonds. The van der Waals surface area contributed by atoms with Crippen molar-refractivity contribution in [3.8, 4) is 47.2 Å². The third-order valence-electron chi connectivity index (χ3n) is 9.09. The molecule has 3 fully saturated rings. The molecule has 11 heteroatoms. The van der Waals surface area contributed by atoms with Crippen LogP contribution in [0.2, 0.25) is 0 Å². The average molecular weight is 613 g/mol. The van der Waals surface area contributed by atoms with E-state index in [1.165, 1.54) is 24.3 Å². The molecule has 2 aromatic carbocycles. The maximum Gasteiger partial charge on any atom is 0.319 e. The first-order valence-corrected chi connectivity index (χ1v) is 15.1. The van der Waals surface area contributed by atoms with Crippen molar-refractivity contribution in [3.05, 3.63) is 47.2 Å². The van der Waals surface area contributed by atoms with Gasteiger partial charge in [-0.25, -0.2) is 18.2 Å². The largest absolute Gasteiger partial charge is 0.508 e. The first-order chi connectivity index (χ1) is 21.8. The van der Waals surface area contributed by atoms with Crippen LogP contribution in [0.3, 0.4) is 0 Å². The average Bonchev–Trinajstić information content (AvgIpc) is 3.57. The van der Waals surface area contributed by atoms with Crippen molar-refractivity contribution in [1.29, 1.82) is 0 Å². The van der Waals surface area contributed by atoms with Crippen LogP contribution in [-0.4, -0.2) is 82.5 Å². The van der Waals surface area contributed by atoms with E-state index < -0.39 is 23.3 Å². The SMILES string of the molecule is C#Cc1c(F)ccc2cc(O)cc(-c3nc(C#CC)c4c(N5CCNCC5)nc(OC[C@@]56CCCN5C[C@H](F)C6)nc4c3F)c12. The molecule has 8 nitrogen and oxygen atoms in total. The minimum Gasteiger partial charge on any atom is -0.508 e. The fraction of sp³-hybridized carbons (Fsp3) is 0.382. The van der Waals surface area contributed by atoms with Crippen molar-refractivity contribution in [2.24, 2.45) is 0 Å². The number of aromatic hydroxyl groups is 1. The summed E-state index contributed by atoms with van der Waals surface area (Å²) in [7, 11) is 0. The number of halogens is 3. The van der Waals surface area contributed by atoms with Crippen molar-refractivity contribution >= 4 is 27.5 Å². The number of rotatable bonds is 5. The van der Waals surface area contributed by atoms with Gasteiger partial charge in [0.05, 0.1) is 16.5 Å². The van der Waals surface area contributed by atoms with E-state index in [1.54, 1.807) is 6.92 Å². The van der Waals surface area contributed by atoms with Crippen molar-refractivity contribution in [1.82, 2.24) is 25.2 Å². The van der Waals surface area contributed by atoms with E-state index >= 15 is 4.39 Å². The Morgan fingerprint density at radius 3 is 2.73 bits per heavy atom. The maximum absolute atomic E-state index is 16.9. The van der Waals surface area contributed by atoms with E-state index in [0.717, 1.165) is 19.4 Å². The van der Waals surface area contributed by atoms with Crippen LogP contribution in [0.1, 0.15) is 37.4 Å². The lowest BCUT2D eigenvalue weighted by molar-refractivity contribution is 0.107. The highest BCUT2D eigenvalue weighted by molar-refractivity contribution is 6.04. The minimum absolute atomic E-state index is 0.0397. The topological polar surface area (TPSA) is 86.6 Å². The molecule has 0 aliphatic carbocycles. The van der Waals surface area contributed by atoms with Gasteiger partial charge >= 0.3 is 6.01 Å². The lowest BCUT2D eigenvalue weighted by atomic mass is 9.95. The van der Waals surface area contributed by atoms with Crippen LogP contribution >= 0.6 is 0 Å². The number of nitrogens with one attached hydrogen (secondary N) is 1. The number of benzene rings is 2. The summed E-state index contributed by atoms with van der Waals surface area (Å²) in [6.07, 6.45) is 6.87. The van der Waals surface area contributed by atoms with Gasteiger partial charge in [-0.15, -0.1) is 6.42 Å². The summed E-state index contributed by atoms with van der Waals surface area (Å²) in [5.41, 5.74) is -0.498. The standard InChI is InChI=1S/C34H31F3N6O2/c1-3-6-26-28-31(29(37)30(39-26)24-16-22(44)15-20-7-8-25(36)23(4-2)27(20)24)40-33(41-32(28)42-13-10-38-11-14-42)45-19-34-9-5-12-43(34)18-21(35)17-34/h2,7-8,15-16,21,38,44H,5,9-14,17-19H2,1H3/t21-,34+/m1/s1. The van der Waals surface area contributed by atoms with Crippen LogP contribution in [0.5, 0.6) is 11.8 Å². The number of piperazine rings is 1. The number of anilines is 1. The Bertz CT molecular complexity index is 1940. The Labute approximate surface area is 258 Å². The number of fused-ring (bicyclic) bond motifs is 3. The molecule has 3 aliphatic heterocycles. The van der Waals surface area contributed by atoms with Crippen LogP contribution < -0.4 is 15.0 Å². The van der Waals surface area contributed by atoms with E-state index in [0.29, 0.717) is 55.7 Å². The highest BCUT2D eigenvalue weighted by atomic mass is 19.1. The normalized spacial score (nSPS) is 21.5. The molecule has 0 spiro atoms. The quantitative estimate of drug-likeness (QED) is 0.318. The highest BCUT2D eigenvalue weighted by Gasteiger charge is 2.49. The van der Waals surface area contributed by atoms with Crippen LogP contribution in [0.15, 0.2) is 24.3 Å². The second kappa shape index (κ2) is 11.4.